The molecular weight excluding hydrogens is 282 g/mol. The van der Waals surface area contributed by atoms with Gasteiger partial charge < -0.3 is 9.15 Å². The summed E-state index contributed by atoms with van der Waals surface area (Å²) in [5, 5.41) is 2.32. The first-order valence-electron chi connectivity index (χ1n) is 6.16. The number of anilines is 1. The Labute approximate surface area is 119 Å². The van der Waals surface area contributed by atoms with Gasteiger partial charge in [0.2, 0.25) is 5.89 Å². The highest BCUT2D eigenvalue weighted by atomic mass is 19.1. The average Bonchev–Trinajstić information content (AvgIpc) is 2.74. The zero-order valence-electron chi connectivity index (χ0n) is 11.7. The summed E-state index contributed by atoms with van der Waals surface area (Å²) in [6.45, 7) is 5.11. The van der Waals surface area contributed by atoms with Gasteiger partial charge in [-0.15, -0.1) is 0 Å². The van der Waals surface area contributed by atoms with Gasteiger partial charge in [-0.2, -0.15) is 4.98 Å². The minimum atomic E-state index is -0.805. The second-order valence-electron chi connectivity index (χ2n) is 5.26. The van der Waals surface area contributed by atoms with Crippen molar-refractivity contribution < 1.29 is 22.7 Å². The van der Waals surface area contributed by atoms with Crippen LogP contribution < -0.4 is 5.32 Å². The van der Waals surface area contributed by atoms with E-state index < -0.39 is 28.9 Å². The standard InChI is InChI=1S/C14H14F2N2O3/c1-14(2,3)21-13(19)18-10-7-20-12(17-10)11-8(15)5-4-6-9(11)16/h4-7H,1-3H3,(H,18,19). The summed E-state index contributed by atoms with van der Waals surface area (Å²) in [7, 11) is 0. The van der Waals surface area contributed by atoms with Crippen LogP contribution in [-0.2, 0) is 4.74 Å². The van der Waals surface area contributed by atoms with E-state index in [4.69, 9.17) is 9.15 Å². The van der Waals surface area contributed by atoms with Crippen LogP contribution in [0.15, 0.2) is 28.9 Å². The van der Waals surface area contributed by atoms with Crippen molar-refractivity contribution in [3.63, 3.8) is 0 Å². The van der Waals surface area contributed by atoms with E-state index in [-0.39, 0.29) is 11.7 Å². The second-order valence-corrected chi connectivity index (χ2v) is 5.26. The number of ether oxygens (including phenoxy) is 1. The molecule has 0 spiro atoms. The molecule has 21 heavy (non-hydrogen) atoms. The summed E-state index contributed by atoms with van der Waals surface area (Å²) in [4.78, 5) is 15.4. The van der Waals surface area contributed by atoms with Crippen molar-refractivity contribution in [3.8, 4) is 11.5 Å². The van der Waals surface area contributed by atoms with Gasteiger partial charge in [0.05, 0.1) is 0 Å². The number of rotatable bonds is 2. The normalized spacial score (nSPS) is 11.3. The zero-order chi connectivity index (χ0) is 15.6. The Morgan fingerprint density at radius 1 is 1.29 bits per heavy atom. The molecule has 0 aliphatic heterocycles. The van der Waals surface area contributed by atoms with E-state index in [0.29, 0.717) is 0 Å². The molecule has 1 heterocycles. The van der Waals surface area contributed by atoms with E-state index in [1.54, 1.807) is 20.8 Å². The fourth-order valence-corrected chi connectivity index (χ4v) is 1.56. The van der Waals surface area contributed by atoms with Gasteiger partial charge in [-0.25, -0.2) is 13.6 Å². The fourth-order valence-electron chi connectivity index (χ4n) is 1.56. The minimum absolute atomic E-state index is 0.00176. The smallest absolute Gasteiger partial charge is 0.413 e. The lowest BCUT2D eigenvalue weighted by Gasteiger charge is -2.18. The molecule has 1 aromatic heterocycles. The zero-order valence-corrected chi connectivity index (χ0v) is 11.7. The molecule has 0 aliphatic rings. The van der Waals surface area contributed by atoms with E-state index in [9.17, 15) is 13.6 Å². The largest absolute Gasteiger partial charge is 0.444 e. The van der Waals surface area contributed by atoms with Crippen LogP contribution in [0.3, 0.4) is 0 Å². The molecule has 1 N–H and O–H groups in total. The number of halogens is 2. The molecule has 2 rings (SSSR count). The Morgan fingerprint density at radius 2 is 1.90 bits per heavy atom. The van der Waals surface area contributed by atoms with Crippen LogP contribution in [0.5, 0.6) is 0 Å². The molecule has 0 radical (unpaired) electrons. The molecule has 0 saturated carbocycles. The first kappa shape index (κ1) is 15.0. The van der Waals surface area contributed by atoms with Gasteiger partial charge in [0.25, 0.3) is 0 Å². The van der Waals surface area contributed by atoms with Crippen LogP contribution in [0.25, 0.3) is 11.5 Å². The molecule has 1 aromatic carbocycles. The molecule has 1 amide bonds. The highest BCUT2D eigenvalue weighted by Crippen LogP contribution is 2.26. The predicted octanol–water partition coefficient (Wildman–Crippen LogP) is 3.97. The van der Waals surface area contributed by atoms with Crippen molar-refractivity contribution in [1.29, 1.82) is 0 Å². The number of oxazole rings is 1. The molecule has 0 atom stereocenters. The summed E-state index contributed by atoms with van der Waals surface area (Å²) in [6, 6.07) is 3.41. The van der Waals surface area contributed by atoms with Crippen molar-refractivity contribution in [2.45, 2.75) is 26.4 Å². The van der Waals surface area contributed by atoms with Crippen LogP contribution in [-0.4, -0.2) is 16.7 Å². The van der Waals surface area contributed by atoms with Crippen LogP contribution in [0.4, 0.5) is 19.4 Å². The Kier molecular flexibility index (Phi) is 3.93. The quantitative estimate of drug-likeness (QED) is 0.910. The molecular formula is C14H14F2N2O3. The first-order valence-corrected chi connectivity index (χ1v) is 6.16. The summed E-state index contributed by atoms with van der Waals surface area (Å²) in [5.74, 6) is -1.88. The molecule has 2 aromatic rings. The lowest BCUT2D eigenvalue weighted by atomic mass is 10.2. The third-order valence-corrected chi connectivity index (χ3v) is 2.31. The molecule has 112 valence electrons. The molecule has 0 unspecified atom stereocenters. The lowest BCUT2D eigenvalue weighted by Crippen LogP contribution is -2.27. The molecule has 5 nitrogen and oxygen atoms in total. The minimum Gasteiger partial charge on any atom is -0.444 e. The molecule has 0 bridgehead atoms. The molecule has 7 heteroatoms. The number of nitrogens with zero attached hydrogens (tertiary/aromatic N) is 1. The van der Waals surface area contributed by atoms with E-state index in [1.807, 2.05) is 0 Å². The second kappa shape index (κ2) is 5.51. The maximum atomic E-state index is 13.6. The van der Waals surface area contributed by atoms with Crippen LogP contribution in [0.2, 0.25) is 0 Å². The summed E-state index contributed by atoms with van der Waals surface area (Å²) in [5.41, 5.74) is -1.07. The molecule has 0 fully saturated rings. The van der Waals surface area contributed by atoms with Gasteiger partial charge in [-0.1, -0.05) is 6.07 Å². The van der Waals surface area contributed by atoms with E-state index in [1.165, 1.54) is 6.07 Å². The van der Waals surface area contributed by atoms with Crippen LogP contribution in [0.1, 0.15) is 20.8 Å². The van der Waals surface area contributed by atoms with E-state index >= 15 is 0 Å². The number of aromatic nitrogens is 1. The fraction of sp³-hybridized carbons (Fsp3) is 0.286. The van der Waals surface area contributed by atoms with Crippen molar-refractivity contribution in [1.82, 2.24) is 4.98 Å². The number of hydrogen-bond donors (Lipinski definition) is 1. The highest BCUT2D eigenvalue weighted by Gasteiger charge is 2.20. The maximum Gasteiger partial charge on any atom is 0.413 e. The molecule has 0 saturated heterocycles. The Balaban J connectivity index is 2.17. The molecule has 0 aliphatic carbocycles. The van der Waals surface area contributed by atoms with Gasteiger partial charge in [0.1, 0.15) is 29.1 Å². The lowest BCUT2D eigenvalue weighted by molar-refractivity contribution is 0.0635. The first-order chi connectivity index (χ1) is 9.76. The average molecular weight is 296 g/mol. The SMILES string of the molecule is CC(C)(C)OC(=O)Nc1coc(-c2c(F)cccc2F)n1. The Morgan fingerprint density at radius 3 is 2.48 bits per heavy atom. The highest BCUT2D eigenvalue weighted by molar-refractivity contribution is 5.83. The number of carbonyl (C=O) groups is 1. The number of nitrogens with one attached hydrogen (secondary N) is 1. The van der Waals surface area contributed by atoms with Crippen molar-refractivity contribution in [3.05, 3.63) is 36.1 Å². The summed E-state index contributed by atoms with van der Waals surface area (Å²) < 4.78 is 37.2. The van der Waals surface area contributed by atoms with Gasteiger partial charge in [0, 0.05) is 0 Å². The summed E-state index contributed by atoms with van der Waals surface area (Å²) >= 11 is 0. The van der Waals surface area contributed by atoms with E-state index in [2.05, 4.69) is 10.3 Å². The number of carbonyl (C=O) groups excluding carboxylic acids is 1. The van der Waals surface area contributed by atoms with Gasteiger partial charge >= 0.3 is 6.09 Å². The maximum absolute atomic E-state index is 13.6. The van der Waals surface area contributed by atoms with Crippen molar-refractivity contribution in [2.24, 2.45) is 0 Å². The Bertz CT molecular complexity index is 642. The number of amides is 1. The van der Waals surface area contributed by atoms with Gasteiger partial charge in [0.15, 0.2) is 5.82 Å². The number of hydrogen-bond acceptors (Lipinski definition) is 4. The van der Waals surface area contributed by atoms with Gasteiger partial charge in [-0.3, -0.25) is 5.32 Å². The van der Waals surface area contributed by atoms with Gasteiger partial charge in [-0.05, 0) is 32.9 Å². The third kappa shape index (κ3) is 3.77. The van der Waals surface area contributed by atoms with Crippen molar-refractivity contribution in [2.75, 3.05) is 5.32 Å². The van der Waals surface area contributed by atoms with E-state index in [0.717, 1.165) is 18.4 Å². The summed E-state index contributed by atoms with van der Waals surface area (Å²) in [6.07, 6.45) is 0.335. The van der Waals surface area contributed by atoms with Crippen LogP contribution >= 0.6 is 0 Å². The topological polar surface area (TPSA) is 64.4 Å². The monoisotopic (exact) mass is 296 g/mol. The third-order valence-electron chi connectivity index (χ3n) is 2.31. The van der Waals surface area contributed by atoms with Crippen molar-refractivity contribution >= 4 is 11.9 Å². The Hall–Kier alpha value is -2.44. The number of benzene rings is 1. The van der Waals surface area contributed by atoms with Crippen LogP contribution in [0, 0.1) is 11.6 Å². The predicted molar refractivity (Wildman–Crippen MR) is 71.7 cm³/mol.